The number of aromatic carboxylic acids is 1. The van der Waals surface area contributed by atoms with Crippen molar-refractivity contribution in [2.45, 2.75) is 13.0 Å². The zero-order chi connectivity index (χ0) is 13.2. The number of carbonyl (C=O) groups is 1. The van der Waals surface area contributed by atoms with Crippen LogP contribution >= 0.6 is 0 Å². The molecule has 0 aliphatic carbocycles. The summed E-state index contributed by atoms with van der Waals surface area (Å²) in [6.07, 6.45) is 2.41. The minimum atomic E-state index is -0.942. The summed E-state index contributed by atoms with van der Waals surface area (Å²) < 4.78 is 0. The first-order valence-electron chi connectivity index (χ1n) is 6.25. The summed E-state index contributed by atoms with van der Waals surface area (Å²) in [6.45, 7) is 1.74. The Kier molecular flexibility index (Phi) is 2.91. The van der Waals surface area contributed by atoms with E-state index in [-0.39, 0.29) is 5.56 Å². The van der Waals surface area contributed by atoms with Crippen molar-refractivity contribution in [1.82, 2.24) is 4.98 Å². The van der Waals surface area contributed by atoms with E-state index in [9.17, 15) is 4.79 Å². The molecule has 0 saturated heterocycles. The number of benzene rings is 1. The van der Waals surface area contributed by atoms with Crippen LogP contribution in [0.5, 0.6) is 0 Å². The van der Waals surface area contributed by atoms with E-state index in [4.69, 9.17) is 5.11 Å². The quantitative estimate of drug-likeness (QED) is 0.893. The molecule has 0 unspecified atom stereocenters. The van der Waals surface area contributed by atoms with E-state index in [0.29, 0.717) is 0 Å². The average Bonchev–Trinajstić information content (AvgIpc) is 2.47. The molecule has 1 aliphatic rings. The maximum absolute atomic E-state index is 10.8. The van der Waals surface area contributed by atoms with Crippen LogP contribution in [-0.4, -0.2) is 22.6 Å². The van der Waals surface area contributed by atoms with E-state index < -0.39 is 5.97 Å². The molecule has 2 heterocycles. The monoisotopic (exact) mass is 254 g/mol. The highest BCUT2D eigenvalue weighted by Crippen LogP contribution is 2.22. The van der Waals surface area contributed by atoms with Crippen LogP contribution in [0.15, 0.2) is 42.6 Å². The van der Waals surface area contributed by atoms with Crippen LogP contribution < -0.4 is 4.90 Å². The van der Waals surface area contributed by atoms with Gasteiger partial charge in [0.15, 0.2) is 0 Å². The molecule has 96 valence electrons. The largest absolute Gasteiger partial charge is 0.478 e. The fraction of sp³-hybridized carbons (Fsp3) is 0.200. The van der Waals surface area contributed by atoms with Crippen LogP contribution in [0, 0.1) is 0 Å². The SMILES string of the molecule is O=C(O)c1ccc(N2CCc3ccccc3C2)nc1. The Morgan fingerprint density at radius 2 is 1.95 bits per heavy atom. The van der Waals surface area contributed by atoms with Gasteiger partial charge in [0.05, 0.1) is 5.56 Å². The highest BCUT2D eigenvalue weighted by atomic mass is 16.4. The van der Waals surface area contributed by atoms with Gasteiger partial charge in [0.2, 0.25) is 0 Å². The zero-order valence-corrected chi connectivity index (χ0v) is 10.4. The van der Waals surface area contributed by atoms with Crippen molar-refractivity contribution in [3.05, 3.63) is 59.3 Å². The van der Waals surface area contributed by atoms with Gasteiger partial charge in [-0.05, 0) is 29.7 Å². The molecule has 1 aliphatic heterocycles. The summed E-state index contributed by atoms with van der Waals surface area (Å²) >= 11 is 0. The number of carboxylic acid groups (broad SMARTS) is 1. The highest BCUT2D eigenvalue weighted by molar-refractivity contribution is 5.87. The molecule has 0 bridgehead atoms. The topological polar surface area (TPSA) is 53.4 Å². The molecule has 19 heavy (non-hydrogen) atoms. The van der Waals surface area contributed by atoms with E-state index in [1.807, 2.05) is 6.07 Å². The Labute approximate surface area is 111 Å². The van der Waals surface area contributed by atoms with Gasteiger partial charge in [-0.15, -0.1) is 0 Å². The van der Waals surface area contributed by atoms with Crippen LogP contribution in [0.25, 0.3) is 0 Å². The van der Waals surface area contributed by atoms with Crippen LogP contribution in [0.2, 0.25) is 0 Å². The van der Waals surface area contributed by atoms with Crippen molar-refractivity contribution in [3.63, 3.8) is 0 Å². The smallest absolute Gasteiger partial charge is 0.337 e. The second kappa shape index (κ2) is 4.72. The van der Waals surface area contributed by atoms with Crippen molar-refractivity contribution in [3.8, 4) is 0 Å². The van der Waals surface area contributed by atoms with Gasteiger partial charge in [-0.2, -0.15) is 0 Å². The third-order valence-electron chi connectivity index (χ3n) is 3.45. The molecule has 0 radical (unpaired) electrons. The minimum Gasteiger partial charge on any atom is -0.478 e. The number of fused-ring (bicyclic) bond motifs is 1. The molecular formula is C15H14N2O2. The van der Waals surface area contributed by atoms with Crippen molar-refractivity contribution in [1.29, 1.82) is 0 Å². The second-order valence-corrected chi connectivity index (χ2v) is 4.65. The predicted octanol–water partition coefficient (Wildman–Crippen LogP) is 2.34. The molecule has 0 fully saturated rings. The molecule has 1 aromatic carbocycles. The lowest BCUT2D eigenvalue weighted by atomic mass is 10.00. The van der Waals surface area contributed by atoms with Crippen LogP contribution in [0.1, 0.15) is 21.5 Å². The van der Waals surface area contributed by atoms with E-state index in [0.717, 1.165) is 25.3 Å². The Hall–Kier alpha value is -2.36. The van der Waals surface area contributed by atoms with Gasteiger partial charge in [0.1, 0.15) is 5.82 Å². The first kappa shape index (κ1) is 11.7. The van der Waals surface area contributed by atoms with Crippen molar-refractivity contribution in [2.75, 3.05) is 11.4 Å². The summed E-state index contributed by atoms with van der Waals surface area (Å²) in [5.41, 5.74) is 2.93. The molecule has 4 nitrogen and oxygen atoms in total. The summed E-state index contributed by atoms with van der Waals surface area (Å²) in [5.74, 6) is -0.109. The van der Waals surface area contributed by atoms with E-state index in [1.165, 1.54) is 17.3 Å². The van der Waals surface area contributed by atoms with Gasteiger partial charge in [-0.3, -0.25) is 0 Å². The molecule has 3 rings (SSSR count). The number of anilines is 1. The van der Waals surface area contributed by atoms with Gasteiger partial charge in [-0.25, -0.2) is 9.78 Å². The molecule has 0 spiro atoms. The third-order valence-corrected chi connectivity index (χ3v) is 3.45. The van der Waals surface area contributed by atoms with Gasteiger partial charge < -0.3 is 10.0 Å². The number of carboxylic acids is 1. The lowest BCUT2D eigenvalue weighted by molar-refractivity contribution is 0.0696. The van der Waals surface area contributed by atoms with E-state index in [2.05, 4.69) is 28.1 Å². The predicted molar refractivity (Wildman–Crippen MR) is 72.4 cm³/mol. The summed E-state index contributed by atoms with van der Waals surface area (Å²) in [5, 5.41) is 8.86. The Bertz CT molecular complexity index is 608. The lowest BCUT2D eigenvalue weighted by Crippen LogP contribution is -2.30. The first-order chi connectivity index (χ1) is 9.24. The third kappa shape index (κ3) is 2.29. The maximum atomic E-state index is 10.8. The first-order valence-corrected chi connectivity index (χ1v) is 6.25. The molecular weight excluding hydrogens is 240 g/mol. The van der Waals surface area contributed by atoms with Gasteiger partial charge in [-0.1, -0.05) is 24.3 Å². The number of hydrogen-bond acceptors (Lipinski definition) is 3. The van der Waals surface area contributed by atoms with Gasteiger partial charge in [0.25, 0.3) is 0 Å². The maximum Gasteiger partial charge on any atom is 0.337 e. The number of pyridine rings is 1. The fourth-order valence-corrected chi connectivity index (χ4v) is 2.39. The van der Waals surface area contributed by atoms with Crippen molar-refractivity contribution in [2.24, 2.45) is 0 Å². The standard InChI is InChI=1S/C15H14N2O2/c18-15(19)12-5-6-14(16-9-12)17-8-7-11-3-1-2-4-13(11)10-17/h1-6,9H,7-8,10H2,(H,18,19). The Balaban J connectivity index is 1.83. The van der Waals surface area contributed by atoms with Crippen LogP contribution in [0.4, 0.5) is 5.82 Å². The van der Waals surface area contributed by atoms with Gasteiger partial charge >= 0.3 is 5.97 Å². The van der Waals surface area contributed by atoms with Crippen molar-refractivity contribution < 1.29 is 9.90 Å². The normalized spacial score (nSPS) is 14.0. The zero-order valence-electron chi connectivity index (χ0n) is 10.4. The molecule has 1 N–H and O–H groups in total. The van der Waals surface area contributed by atoms with Crippen LogP contribution in [0.3, 0.4) is 0 Å². The minimum absolute atomic E-state index is 0.223. The summed E-state index contributed by atoms with van der Waals surface area (Å²) in [7, 11) is 0. The lowest BCUT2D eigenvalue weighted by Gasteiger charge is -2.29. The second-order valence-electron chi connectivity index (χ2n) is 4.65. The van der Waals surface area contributed by atoms with E-state index >= 15 is 0 Å². The average molecular weight is 254 g/mol. The number of rotatable bonds is 2. The summed E-state index contributed by atoms with van der Waals surface area (Å²) in [6, 6.07) is 11.8. The number of nitrogens with zero attached hydrogens (tertiary/aromatic N) is 2. The summed E-state index contributed by atoms with van der Waals surface area (Å²) in [4.78, 5) is 17.2. The van der Waals surface area contributed by atoms with Crippen molar-refractivity contribution >= 4 is 11.8 Å². The van der Waals surface area contributed by atoms with Gasteiger partial charge in [0, 0.05) is 19.3 Å². The molecule has 2 aromatic rings. The number of aromatic nitrogens is 1. The molecule has 0 atom stereocenters. The molecule has 0 amide bonds. The highest BCUT2D eigenvalue weighted by Gasteiger charge is 2.17. The van der Waals surface area contributed by atoms with E-state index in [1.54, 1.807) is 12.1 Å². The molecule has 0 saturated carbocycles. The fourth-order valence-electron chi connectivity index (χ4n) is 2.39. The Morgan fingerprint density at radius 3 is 2.63 bits per heavy atom. The number of hydrogen-bond donors (Lipinski definition) is 1. The molecule has 4 heteroatoms. The molecule has 1 aromatic heterocycles. The van der Waals surface area contributed by atoms with Crippen LogP contribution in [-0.2, 0) is 13.0 Å². The Morgan fingerprint density at radius 1 is 1.16 bits per heavy atom.